The van der Waals surface area contributed by atoms with Crippen LogP contribution in [0.25, 0.3) is 0 Å². The fraction of sp³-hybridized carbons (Fsp3) is 0. The summed E-state index contributed by atoms with van der Waals surface area (Å²) in [4.78, 5) is 4.24. The SMILES string of the molecule is Cl.c1ccc([PH](PNP[PH](c2ccccc2)(c2ccccc2)c2ccccc2)(c2ccccc2)c2ccccc2)cc1. The summed E-state index contributed by atoms with van der Waals surface area (Å²) in [5.41, 5.74) is 0. The van der Waals surface area contributed by atoms with Crippen molar-refractivity contribution in [3.63, 3.8) is 0 Å². The molecule has 6 aromatic rings. The quantitative estimate of drug-likeness (QED) is 0.153. The van der Waals surface area contributed by atoms with Crippen molar-refractivity contribution in [3.8, 4) is 0 Å². The summed E-state index contributed by atoms with van der Waals surface area (Å²) in [6.45, 7) is -4.76. The second-order valence-corrected chi connectivity index (χ2v) is 24.0. The van der Waals surface area contributed by atoms with Crippen LogP contribution in [-0.2, 0) is 0 Å². The Balaban J connectivity index is 0.00000353. The Morgan fingerprint density at radius 1 is 0.286 bits per heavy atom. The molecule has 2 atom stereocenters. The van der Waals surface area contributed by atoms with Crippen molar-refractivity contribution in [3.05, 3.63) is 182 Å². The molecule has 6 heteroatoms. The Morgan fingerprint density at radius 2 is 0.452 bits per heavy atom. The second-order valence-electron chi connectivity index (χ2n) is 10.1. The van der Waals surface area contributed by atoms with E-state index in [1.54, 1.807) is 0 Å². The van der Waals surface area contributed by atoms with Gasteiger partial charge in [0.1, 0.15) is 0 Å². The summed E-state index contributed by atoms with van der Waals surface area (Å²) in [5.74, 6) is 0. The number of hydrogen-bond acceptors (Lipinski definition) is 1. The second kappa shape index (κ2) is 14.6. The van der Waals surface area contributed by atoms with Crippen LogP contribution >= 0.6 is 43.1 Å². The van der Waals surface area contributed by atoms with Gasteiger partial charge in [-0.3, -0.25) is 0 Å². The molecule has 0 radical (unpaired) electrons. The van der Waals surface area contributed by atoms with E-state index in [0.717, 1.165) is 0 Å². The summed E-state index contributed by atoms with van der Waals surface area (Å²) < 4.78 is 0. The first kappa shape index (κ1) is 30.7. The monoisotopic (exact) mass is 641 g/mol. The van der Waals surface area contributed by atoms with E-state index in [0.29, 0.717) is 16.8 Å². The molecule has 42 heavy (non-hydrogen) atoms. The Labute approximate surface area is 260 Å². The first-order valence-electron chi connectivity index (χ1n) is 14.0. The predicted octanol–water partition coefficient (Wildman–Crippen LogP) is 7.47. The molecule has 0 saturated heterocycles. The van der Waals surface area contributed by atoms with Crippen molar-refractivity contribution in [2.24, 2.45) is 0 Å². The van der Waals surface area contributed by atoms with E-state index in [1.807, 2.05) is 0 Å². The molecule has 6 aromatic carbocycles. The third-order valence-corrected chi connectivity index (χ3v) is 26.4. The van der Waals surface area contributed by atoms with Gasteiger partial charge in [0.05, 0.1) is 0 Å². The molecular formula is C36H36ClNP4. The molecule has 0 aliphatic carbocycles. The number of nitrogens with one attached hydrogen (secondary N) is 1. The summed E-state index contributed by atoms with van der Waals surface area (Å²) in [6.07, 6.45) is 0. The molecule has 0 heterocycles. The van der Waals surface area contributed by atoms with Crippen molar-refractivity contribution in [1.29, 1.82) is 0 Å². The van der Waals surface area contributed by atoms with Gasteiger partial charge in [-0.25, -0.2) is 0 Å². The fourth-order valence-electron chi connectivity index (χ4n) is 5.78. The molecule has 0 saturated carbocycles. The summed E-state index contributed by atoms with van der Waals surface area (Å²) in [7, 11) is 1.14. The maximum atomic E-state index is 4.24. The van der Waals surface area contributed by atoms with Crippen molar-refractivity contribution in [2.75, 3.05) is 0 Å². The van der Waals surface area contributed by atoms with Gasteiger partial charge in [-0.05, 0) is 0 Å². The van der Waals surface area contributed by atoms with Gasteiger partial charge < -0.3 is 0 Å². The van der Waals surface area contributed by atoms with Gasteiger partial charge in [-0.2, -0.15) is 0 Å². The third kappa shape index (κ3) is 6.16. The van der Waals surface area contributed by atoms with Crippen molar-refractivity contribution >= 4 is 75.0 Å². The van der Waals surface area contributed by atoms with E-state index in [9.17, 15) is 0 Å². The molecule has 1 nitrogen and oxygen atoms in total. The number of benzene rings is 6. The van der Waals surface area contributed by atoms with Crippen LogP contribution in [0.4, 0.5) is 0 Å². The van der Waals surface area contributed by atoms with Gasteiger partial charge in [0.25, 0.3) is 0 Å². The van der Waals surface area contributed by atoms with Crippen LogP contribution in [-0.4, -0.2) is 0 Å². The first-order valence-corrected chi connectivity index (χ1v) is 22.0. The molecule has 0 aromatic heterocycles. The molecule has 0 bridgehead atoms. The molecule has 2 unspecified atom stereocenters. The molecule has 0 amide bonds. The minimum absolute atomic E-state index is 0. The van der Waals surface area contributed by atoms with Gasteiger partial charge in [0.15, 0.2) is 0 Å². The Hall–Kier alpha value is -2.71. The van der Waals surface area contributed by atoms with Crippen LogP contribution in [0.15, 0.2) is 182 Å². The number of hydrogen-bond donors (Lipinski definition) is 1. The standard InChI is InChI=1S/C36H35NP4.ClH/c1-7-19-31(20-8-1)40(32-21-9-2-10-22-32,33-23-11-3-12-24-33)38-37-39-41(34-25-13-4-14-26-34,35-27-15-5-16-28-35)36-29-17-6-18-30-36;/h1-30,37-41H;1H. The molecule has 0 fully saturated rings. The molecule has 0 aliphatic heterocycles. The van der Waals surface area contributed by atoms with Crippen LogP contribution in [0.3, 0.4) is 0 Å². The molecular weight excluding hydrogens is 606 g/mol. The van der Waals surface area contributed by atoms with Crippen molar-refractivity contribution in [1.82, 2.24) is 4.86 Å². The number of halogens is 1. The summed E-state index contributed by atoms with van der Waals surface area (Å²) in [6, 6.07) is 67.4. The van der Waals surface area contributed by atoms with E-state index >= 15 is 0 Å². The maximum absolute atomic E-state index is 4.24. The van der Waals surface area contributed by atoms with Crippen LogP contribution in [0, 0.1) is 0 Å². The fourth-order valence-corrected chi connectivity index (χ4v) is 25.8. The average molecular weight is 642 g/mol. The molecule has 6 rings (SSSR count). The van der Waals surface area contributed by atoms with Crippen LogP contribution in [0.2, 0.25) is 0 Å². The molecule has 212 valence electrons. The van der Waals surface area contributed by atoms with E-state index in [-0.39, 0.29) is 12.4 Å². The normalized spacial score (nSPS) is 12.8. The zero-order valence-electron chi connectivity index (χ0n) is 23.2. The zero-order chi connectivity index (χ0) is 27.8. The van der Waals surface area contributed by atoms with E-state index in [1.165, 1.54) is 31.8 Å². The van der Waals surface area contributed by atoms with Crippen LogP contribution in [0.5, 0.6) is 0 Å². The van der Waals surface area contributed by atoms with Gasteiger partial charge in [-0.1, -0.05) is 0 Å². The van der Waals surface area contributed by atoms with E-state index in [4.69, 9.17) is 0 Å². The topological polar surface area (TPSA) is 12.0 Å². The van der Waals surface area contributed by atoms with E-state index in [2.05, 4.69) is 187 Å². The first-order chi connectivity index (χ1) is 20.3. The summed E-state index contributed by atoms with van der Waals surface area (Å²) >= 11 is 0. The average Bonchev–Trinajstić information content (AvgIpc) is 3.08. The molecule has 1 N–H and O–H groups in total. The van der Waals surface area contributed by atoms with E-state index < -0.39 is 13.9 Å². The van der Waals surface area contributed by atoms with Gasteiger partial charge in [0, 0.05) is 0 Å². The Bertz CT molecular complexity index is 1320. The predicted molar refractivity (Wildman–Crippen MR) is 200 cm³/mol. The van der Waals surface area contributed by atoms with Crippen LogP contribution in [0.1, 0.15) is 0 Å². The zero-order valence-corrected chi connectivity index (χ0v) is 28.0. The van der Waals surface area contributed by atoms with Crippen LogP contribution < -0.4 is 36.7 Å². The third-order valence-electron chi connectivity index (χ3n) is 7.74. The van der Waals surface area contributed by atoms with Gasteiger partial charge in [0.2, 0.25) is 0 Å². The Morgan fingerprint density at radius 3 is 0.619 bits per heavy atom. The number of rotatable bonds is 10. The van der Waals surface area contributed by atoms with Crippen molar-refractivity contribution < 1.29 is 0 Å². The van der Waals surface area contributed by atoms with Crippen molar-refractivity contribution in [2.45, 2.75) is 0 Å². The van der Waals surface area contributed by atoms with Gasteiger partial charge in [-0.15, -0.1) is 12.4 Å². The molecule has 0 aliphatic rings. The van der Waals surface area contributed by atoms with Gasteiger partial charge >= 0.3 is 249 Å². The molecule has 0 spiro atoms. The Kier molecular flexibility index (Phi) is 10.7. The summed E-state index contributed by atoms with van der Waals surface area (Å²) in [5, 5.41) is 8.66. The minimum atomic E-state index is -2.38.